The average molecular weight is 225 g/mol. The van der Waals surface area contributed by atoms with Crippen LogP contribution in [0.15, 0.2) is 0 Å². The van der Waals surface area contributed by atoms with E-state index in [0.717, 1.165) is 25.3 Å². The quantitative estimate of drug-likeness (QED) is 0.781. The summed E-state index contributed by atoms with van der Waals surface area (Å²) in [6.07, 6.45) is 8.82. The molecule has 3 heteroatoms. The molecule has 0 amide bonds. The largest absolute Gasteiger partial charge is 0.480 e. The highest BCUT2D eigenvalue weighted by Gasteiger charge is 2.39. The molecule has 2 fully saturated rings. The van der Waals surface area contributed by atoms with Crippen LogP contribution in [0, 0.1) is 11.8 Å². The molecular weight excluding hydrogens is 202 g/mol. The zero-order chi connectivity index (χ0) is 11.5. The van der Waals surface area contributed by atoms with Crippen LogP contribution < -0.4 is 0 Å². The summed E-state index contributed by atoms with van der Waals surface area (Å²) < 4.78 is 0. The van der Waals surface area contributed by atoms with Crippen LogP contribution in [-0.4, -0.2) is 35.6 Å². The van der Waals surface area contributed by atoms with Gasteiger partial charge in [0.2, 0.25) is 0 Å². The number of aliphatic carboxylic acids is 1. The minimum Gasteiger partial charge on any atom is -0.480 e. The Balaban J connectivity index is 1.84. The molecule has 0 radical (unpaired) electrons. The van der Waals surface area contributed by atoms with Crippen LogP contribution in [0.1, 0.15) is 44.9 Å². The van der Waals surface area contributed by atoms with Gasteiger partial charge < -0.3 is 5.11 Å². The minimum atomic E-state index is -0.624. The lowest BCUT2D eigenvalue weighted by molar-refractivity contribution is -0.143. The SMILES string of the molecule is CN(CC1CCCCC1)C(C(=O)O)C1CC1. The third-order valence-corrected chi connectivity index (χ3v) is 4.07. The van der Waals surface area contributed by atoms with Crippen molar-refractivity contribution in [2.75, 3.05) is 13.6 Å². The molecule has 92 valence electrons. The van der Waals surface area contributed by atoms with E-state index in [2.05, 4.69) is 4.90 Å². The summed E-state index contributed by atoms with van der Waals surface area (Å²) in [7, 11) is 1.99. The second-order valence-electron chi connectivity index (χ2n) is 5.56. The van der Waals surface area contributed by atoms with Gasteiger partial charge in [-0.1, -0.05) is 19.3 Å². The fourth-order valence-corrected chi connectivity index (χ4v) is 3.05. The first-order chi connectivity index (χ1) is 7.68. The van der Waals surface area contributed by atoms with Crippen molar-refractivity contribution < 1.29 is 9.90 Å². The van der Waals surface area contributed by atoms with E-state index in [1.54, 1.807) is 0 Å². The molecule has 2 aliphatic carbocycles. The van der Waals surface area contributed by atoms with Crippen molar-refractivity contribution in [3.8, 4) is 0 Å². The normalized spacial score (nSPS) is 24.6. The van der Waals surface area contributed by atoms with Crippen LogP contribution in [0.5, 0.6) is 0 Å². The fraction of sp³-hybridized carbons (Fsp3) is 0.923. The summed E-state index contributed by atoms with van der Waals surface area (Å²) >= 11 is 0. The number of carboxylic acid groups (broad SMARTS) is 1. The molecule has 1 N–H and O–H groups in total. The van der Waals surface area contributed by atoms with E-state index in [4.69, 9.17) is 0 Å². The molecule has 0 saturated heterocycles. The molecule has 0 heterocycles. The maximum Gasteiger partial charge on any atom is 0.321 e. The maximum atomic E-state index is 11.2. The molecule has 0 aliphatic heterocycles. The third-order valence-electron chi connectivity index (χ3n) is 4.07. The van der Waals surface area contributed by atoms with E-state index in [0.29, 0.717) is 5.92 Å². The highest BCUT2D eigenvalue weighted by molar-refractivity contribution is 5.74. The fourth-order valence-electron chi connectivity index (χ4n) is 3.05. The van der Waals surface area contributed by atoms with Gasteiger partial charge in [0.25, 0.3) is 0 Å². The number of carbonyl (C=O) groups is 1. The first kappa shape index (κ1) is 11.9. The number of rotatable bonds is 5. The lowest BCUT2D eigenvalue weighted by Gasteiger charge is -2.30. The van der Waals surface area contributed by atoms with Gasteiger partial charge in [0.15, 0.2) is 0 Å². The number of carboxylic acids is 1. The first-order valence-corrected chi connectivity index (χ1v) is 6.61. The Bertz CT molecular complexity index is 244. The number of likely N-dealkylation sites (N-methyl/N-ethyl adjacent to an activating group) is 1. The van der Waals surface area contributed by atoms with Crippen LogP contribution in [-0.2, 0) is 4.79 Å². The molecule has 1 atom stereocenters. The van der Waals surface area contributed by atoms with Gasteiger partial charge in [-0.25, -0.2) is 0 Å². The lowest BCUT2D eigenvalue weighted by atomic mass is 9.88. The van der Waals surface area contributed by atoms with Crippen molar-refractivity contribution in [2.24, 2.45) is 11.8 Å². The Hall–Kier alpha value is -0.570. The lowest BCUT2D eigenvalue weighted by Crippen LogP contribution is -2.42. The molecule has 0 aromatic heterocycles. The van der Waals surface area contributed by atoms with E-state index in [-0.39, 0.29) is 6.04 Å². The molecular formula is C13H23NO2. The minimum absolute atomic E-state index is 0.220. The van der Waals surface area contributed by atoms with Crippen molar-refractivity contribution in [1.29, 1.82) is 0 Å². The molecule has 0 aromatic rings. The van der Waals surface area contributed by atoms with Gasteiger partial charge in [-0.05, 0) is 44.6 Å². The Labute approximate surface area is 97.8 Å². The van der Waals surface area contributed by atoms with Gasteiger partial charge in [0, 0.05) is 6.54 Å². The third kappa shape index (κ3) is 2.97. The zero-order valence-electron chi connectivity index (χ0n) is 10.2. The van der Waals surface area contributed by atoms with Gasteiger partial charge in [-0.2, -0.15) is 0 Å². The highest BCUT2D eigenvalue weighted by atomic mass is 16.4. The molecule has 0 spiro atoms. The van der Waals surface area contributed by atoms with Crippen LogP contribution in [0.25, 0.3) is 0 Å². The van der Waals surface area contributed by atoms with Crippen molar-refractivity contribution >= 4 is 5.97 Å². The van der Waals surface area contributed by atoms with E-state index < -0.39 is 5.97 Å². The monoisotopic (exact) mass is 225 g/mol. The molecule has 1 unspecified atom stereocenters. The van der Waals surface area contributed by atoms with Gasteiger partial charge >= 0.3 is 5.97 Å². The first-order valence-electron chi connectivity index (χ1n) is 6.61. The standard InChI is InChI=1S/C13H23NO2/c1-14(9-10-5-3-2-4-6-10)12(13(15)16)11-7-8-11/h10-12H,2-9H2,1H3,(H,15,16). The second kappa shape index (κ2) is 5.17. The smallest absolute Gasteiger partial charge is 0.321 e. The van der Waals surface area contributed by atoms with Crippen molar-refractivity contribution in [3.05, 3.63) is 0 Å². The number of hydrogen-bond donors (Lipinski definition) is 1. The number of hydrogen-bond acceptors (Lipinski definition) is 2. The molecule has 3 nitrogen and oxygen atoms in total. The van der Waals surface area contributed by atoms with Gasteiger partial charge in [-0.3, -0.25) is 9.69 Å². The van der Waals surface area contributed by atoms with E-state index in [1.165, 1.54) is 32.1 Å². The van der Waals surface area contributed by atoms with Crippen molar-refractivity contribution in [1.82, 2.24) is 4.90 Å². The van der Waals surface area contributed by atoms with Crippen LogP contribution in [0.2, 0.25) is 0 Å². The highest BCUT2D eigenvalue weighted by Crippen LogP contribution is 2.36. The molecule has 2 aliphatic rings. The maximum absolute atomic E-state index is 11.2. The van der Waals surface area contributed by atoms with Gasteiger partial charge in [-0.15, -0.1) is 0 Å². The average Bonchev–Trinajstić information content (AvgIpc) is 3.03. The molecule has 0 bridgehead atoms. The summed E-state index contributed by atoms with van der Waals surface area (Å²) in [6, 6.07) is -0.220. The van der Waals surface area contributed by atoms with Crippen LogP contribution in [0.4, 0.5) is 0 Å². The Morgan fingerprint density at radius 2 is 1.88 bits per heavy atom. The number of nitrogens with zero attached hydrogens (tertiary/aromatic N) is 1. The molecule has 2 saturated carbocycles. The van der Waals surface area contributed by atoms with Crippen molar-refractivity contribution in [2.45, 2.75) is 51.0 Å². The summed E-state index contributed by atoms with van der Waals surface area (Å²) in [4.78, 5) is 13.3. The van der Waals surface area contributed by atoms with Gasteiger partial charge in [0.1, 0.15) is 6.04 Å². The summed E-state index contributed by atoms with van der Waals surface area (Å²) in [5, 5.41) is 9.24. The summed E-state index contributed by atoms with van der Waals surface area (Å²) in [5.41, 5.74) is 0. The second-order valence-corrected chi connectivity index (χ2v) is 5.56. The van der Waals surface area contributed by atoms with Crippen LogP contribution >= 0.6 is 0 Å². The van der Waals surface area contributed by atoms with E-state index in [9.17, 15) is 9.90 Å². The van der Waals surface area contributed by atoms with Crippen LogP contribution in [0.3, 0.4) is 0 Å². The van der Waals surface area contributed by atoms with Gasteiger partial charge in [0.05, 0.1) is 0 Å². The van der Waals surface area contributed by atoms with E-state index >= 15 is 0 Å². The van der Waals surface area contributed by atoms with E-state index in [1.807, 2.05) is 7.05 Å². The summed E-state index contributed by atoms with van der Waals surface area (Å²) in [5.74, 6) is 0.534. The topological polar surface area (TPSA) is 40.5 Å². The predicted molar refractivity (Wildman–Crippen MR) is 63.4 cm³/mol. The zero-order valence-corrected chi connectivity index (χ0v) is 10.2. The Morgan fingerprint density at radius 1 is 1.25 bits per heavy atom. The summed E-state index contributed by atoms with van der Waals surface area (Å²) in [6.45, 7) is 0.980. The Kier molecular flexibility index (Phi) is 3.85. The van der Waals surface area contributed by atoms with Crippen molar-refractivity contribution in [3.63, 3.8) is 0 Å². The molecule has 2 rings (SSSR count). The Morgan fingerprint density at radius 3 is 2.38 bits per heavy atom. The molecule has 0 aromatic carbocycles. The predicted octanol–water partition coefficient (Wildman–Crippen LogP) is 2.36. The molecule has 16 heavy (non-hydrogen) atoms.